The van der Waals surface area contributed by atoms with Gasteiger partial charge in [0.15, 0.2) is 0 Å². The molecule has 3 fully saturated rings. The van der Waals surface area contributed by atoms with Crippen molar-refractivity contribution in [3.63, 3.8) is 0 Å². The van der Waals surface area contributed by atoms with Gasteiger partial charge in [-0.3, -0.25) is 9.59 Å². The lowest BCUT2D eigenvalue weighted by Gasteiger charge is -2.26. The molecular weight excluding hydrogens is 439 g/mol. The van der Waals surface area contributed by atoms with Crippen LogP contribution in [0.15, 0.2) is 30.6 Å². The SMILES string of the molecule is N#C[C@H](Cc1ccc(-n2cc(C(=O)N3CCOCC3)cn2)cc1F)NC(=O)[C@H]1N[C@@H]2CC[C@H]1C2. The molecule has 0 radical (unpaired) electrons. The molecule has 178 valence electrons. The summed E-state index contributed by atoms with van der Waals surface area (Å²) in [6.45, 7) is 2.08. The number of nitrogens with zero attached hydrogens (tertiary/aromatic N) is 4. The summed E-state index contributed by atoms with van der Waals surface area (Å²) >= 11 is 0. The summed E-state index contributed by atoms with van der Waals surface area (Å²) in [5.74, 6) is -0.509. The molecule has 2 saturated heterocycles. The van der Waals surface area contributed by atoms with E-state index in [1.165, 1.54) is 16.9 Å². The Morgan fingerprint density at radius 3 is 2.82 bits per heavy atom. The fraction of sp³-hybridized carbons (Fsp3) is 0.500. The largest absolute Gasteiger partial charge is 0.378 e. The molecule has 5 rings (SSSR count). The van der Waals surface area contributed by atoms with Crippen LogP contribution in [0.2, 0.25) is 0 Å². The number of carbonyl (C=O) groups excluding carboxylic acids is 2. The van der Waals surface area contributed by atoms with Gasteiger partial charge in [-0.05, 0) is 42.9 Å². The lowest BCUT2D eigenvalue weighted by Crippen LogP contribution is -2.50. The summed E-state index contributed by atoms with van der Waals surface area (Å²) in [6.07, 6.45) is 6.22. The summed E-state index contributed by atoms with van der Waals surface area (Å²) in [4.78, 5) is 26.9. The van der Waals surface area contributed by atoms with Gasteiger partial charge in [-0.25, -0.2) is 9.07 Å². The van der Waals surface area contributed by atoms with Crippen molar-refractivity contribution in [2.45, 2.75) is 43.8 Å². The molecule has 2 aromatic rings. The predicted molar refractivity (Wildman–Crippen MR) is 120 cm³/mol. The van der Waals surface area contributed by atoms with Gasteiger partial charge in [-0.15, -0.1) is 0 Å². The zero-order chi connectivity index (χ0) is 23.7. The molecule has 1 aliphatic carbocycles. The number of halogens is 1. The standard InChI is InChI=1S/C24H27FN6O3/c25-21-11-20(31-14-17(13-27-31)24(33)30-5-7-34-8-6-30)4-2-15(21)9-19(12-26)29-23(32)22-16-1-3-18(10-16)28-22/h2,4,11,13-14,16,18-19,22,28H,1,3,5-10H2,(H,29,32)/t16-,18+,19-,22-/m0/s1. The lowest BCUT2D eigenvalue weighted by atomic mass is 9.98. The highest BCUT2D eigenvalue weighted by Crippen LogP contribution is 2.35. The fourth-order valence-corrected chi connectivity index (χ4v) is 5.13. The fourth-order valence-electron chi connectivity index (χ4n) is 5.13. The second-order valence-corrected chi connectivity index (χ2v) is 9.16. The first-order chi connectivity index (χ1) is 16.5. The maximum absolute atomic E-state index is 14.9. The van der Waals surface area contributed by atoms with E-state index < -0.39 is 11.9 Å². The van der Waals surface area contributed by atoms with Crippen LogP contribution >= 0.6 is 0 Å². The molecule has 1 saturated carbocycles. The van der Waals surface area contributed by atoms with Crippen LogP contribution in [0.5, 0.6) is 0 Å². The molecule has 2 N–H and O–H groups in total. The van der Waals surface area contributed by atoms with E-state index >= 15 is 0 Å². The second kappa shape index (κ2) is 9.52. The van der Waals surface area contributed by atoms with Crippen LogP contribution in [0.1, 0.15) is 35.2 Å². The third-order valence-corrected chi connectivity index (χ3v) is 6.97. The average Bonchev–Trinajstić information content (AvgIpc) is 3.62. The van der Waals surface area contributed by atoms with Gasteiger partial charge in [0.25, 0.3) is 5.91 Å². The third kappa shape index (κ3) is 4.54. The van der Waals surface area contributed by atoms with Gasteiger partial charge in [0.1, 0.15) is 11.9 Å². The van der Waals surface area contributed by atoms with E-state index in [0.717, 1.165) is 19.3 Å². The van der Waals surface area contributed by atoms with Gasteiger partial charge in [0, 0.05) is 31.7 Å². The molecule has 4 atom stereocenters. The third-order valence-electron chi connectivity index (χ3n) is 6.97. The first-order valence-corrected chi connectivity index (χ1v) is 11.7. The van der Waals surface area contributed by atoms with Crippen molar-refractivity contribution in [1.29, 1.82) is 5.26 Å². The topological polar surface area (TPSA) is 112 Å². The van der Waals surface area contributed by atoms with Gasteiger partial charge in [-0.2, -0.15) is 10.4 Å². The Bertz CT molecular complexity index is 1120. The molecule has 34 heavy (non-hydrogen) atoms. The highest BCUT2D eigenvalue weighted by Gasteiger charge is 2.43. The summed E-state index contributed by atoms with van der Waals surface area (Å²) in [5.41, 5.74) is 1.21. The summed E-state index contributed by atoms with van der Waals surface area (Å²) < 4.78 is 21.6. The van der Waals surface area contributed by atoms with Crippen molar-refractivity contribution in [3.8, 4) is 11.8 Å². The number of nitriles is 1. The lowest BCUT2D eigenvalue weighted by molar-refractivity contribution is -0.124. The quantitative estimate of drug-likeness (QED) is 0.661. The van der Waals surface area contributed by atoms with E-state index in [2.05, 4.69) is 21.8 Å². The van der Waals surface area contributed by atoms with Crippen LogP contribution in [-0.2, 0) is 16.0 Å². The Kier molecular flexibility index (Phi) is 6.30. The average molecular weight is 467 g/mol. The molecule has 3 heterocycles. The Hall–Kier alpha value is -3.29. The van der Waals surface area contributed by atoms with E-state index in [1.54, 1.807) is 23.2 Å². The molecule has 2 amide bonds. The minimum atomic E-state index is -0.823. The number of aromatic nitrogens is 2. The number of carbonyl (C=O) groups is 2. The first-order valence-electron chi connectivity index (χ1n) is 11.7. The van der Waals surface area contributed by atoms with Crippen molar-refractivity contribution in [2.24, 2.45) is 5.92 Å². The van der Waals surface area contributed by atoms with Crippen LogP contribution in [-0.4, -0.2) is 70.9 Å². The van der Waals surface area contributed by atoms with Crippen molar-refractivity contribution >= 4 is 11.8 Å². The van der Waals surface area contributed by atoms with Crippen molar-refractivity contribution in [1.82, 2.24) is 25.3 Å². The maximum Gasteiger partial charge on any atom is 0.257 e. The number of piperidine rings is 1. The van der Waals surface area contributed by atoms with Gasteiger partial charge < -0.3 is 20.3 Å². The Balaban J connectivity index is 1.23. The van der Waals surface area contributed by atoms with Crippen LogP contribution < -0.4 is 10.6 Å². The van der Waals surface area contributed by atoms with E-state index in [1.807, 2.05) is 0 Å². The Labute approximate surface area is 196 Å². The van der Waals surface area contributed by atoms with Crippen LogP contribution in [0.25, 0.3) is 5.69 Å². The summed E-state index contributed by atoms with van der Waals surface area (Å²) in [6, 6.07) is 5.96. The molecule has 2 aliphatic heterocycles. The number of morpholine rings is 1. The maximum atomic E-state index is 14.9. The van der Waals surface area contributed by atoms with Crippen molar-refractivity contribution in [3.05, 3.63) is 47.5 Å². The monoisotopic (exact) mass is 466 g/mol. The number of hydrogen-bond donors (Lipinski definition) is 2. The van der Waals surface area contributed by atoms with Gasteiger partial charge in [0.05, 0.1) is 42.8 Å². The van der Waals surface area contributed by atoms with E-state index in [0.29, 0.717) is 55.1 Å². The minimum Gasteiger partial charge on any atom is -0.378 e. The van der Waals surface area contributed by atoms with Crippen LogP contribution in [0.3, 0.4) is 0 Å². The predicted octanol–water partition coefficient (Wildman–Crippen LogP) is 1.18. The number of benzene rings is 1. The van der Waals surface area contributed by atoms with Crippen LogP contribution in [0.4, 0.5) is 4.39 Å². The highest BCUT2D eigenvalue weighted by atomic mass is 19.1. The number of fused-ring (bicyclic) bond motifs is 2. The number of nitrogens with one attached hydrogen (secondary N) is 2. The summed E-state index contributed by atoms with van der Waals surface area (Å²) in [5, 5.41) is 19.8. The first kappa shape index (κ1) is 22.5. The smallest absolute Gasteiger partial charge is 0.257 e. The molecular formula is C24H27FN6O3. The van der Waals surface area contributed by atoms with E-state index in [9.17, 15) is 19.2 Å². The number of amides is 2. The second-order valence-electron chi connectivity index (χ2n) is 9.16. The molecule has 1 aromatic heterocycles. The zero-order valence-corrected chi connectivity index (χ0v) is 18.7. The minimum absolute atomic E-state index is 0.0645. The van der Waals surface area contributed by atoms with Crippen molar-refractivity contribution in [2.75, 3.05) is 26.3 Å². The molecule has 1 aromatic carbocycles. The number of rotatable bonds is 6. The Morgan fingerprint density at radius 1 is 1.32 bits per heavy atom. The number of hydrogen-bond acceptors (Lipinski definition) is 6. The van der Waals surface area contributed by atoms with Crippen LogP contribution in [0, 0.1) is 23.1 Å². The molecule has 0 unspecified atom stereocenters. The van der Waals surface area contributed by atoms with E-state index in [-0.39, 0.29) is 24.3 Å². The van der Waals surface area contributed by atoms with Gasteiger partial charge in [0.2, 0.25) is 5.91 Å². The number of ether oxygens (including phenoxy) is 1. The zero-order valence-electron chi connectivity index (χ0n) is 18.7. The normalized spacial score (nSPS) is 24.6. The molecule has 2 bridgehead atoms. The van der Waals surface area contributed by atoms with Gasteiger partial charge in [-0.1, -0.05) is 6.07 Å². The van der Waals surface area contributed by atoms with E-state index in [4.69, 9.17) is 4.74 Å². The van der Waals surface area contributed by atoms with Gasteiger partial charge >= 0.3 is 0 Å². The highest BCUT2D eigenvalue weighted by molar-refractivity contribution is 5.93. The summed E-state index contributed by atoms with van der Waals surface area (Å²) in [7, 11) is 0. The molecule has 3 aliphatic rings. The molecule has 10 heteroatoms. The molecule has 9 nitrogen and oxygen atoms in total. The Morgan fingerprint density at radius 2 is 2.15 bits per heavy atom. The molecule has 0 spiro atoms. The van der Waals surface area contributed by atoms with Crippen molar-refractivity contribution < 1.29 is 18.7 Å².